The summed E-state index contributed by atoms with van der Waals surface area (Å²) in [4.78, 5) is 42.7. The van der Waals surface area contributed by atoms with E-state index in [0.717, 1.165) is 11.1 Å². The number of para-hydroxylation sites is 1. The molecule has 0 aliphatic rings. The topological polar surface area (TPSA) is 85.5 Å². The van der Waals surface area contributed by atoms with Crippen molar-refractivity contribution in [3.05, 3.63) is 112 Å². The minimum atomic E-state index is -0.287. The molecule has 1 amide bonds. The fourth-order valence-electron chi connectivity index (χ4n) is 3.94. The van der Waals surface area contributed by atoms with Crippen molar-refractivity contribution in [1.82, 2.24) is 14.0 Å². The summed E-state index contributed by atoms with van der Waals surface area (Å²) in [5.74, 6) is -0.498. The van der Waals surface area contributed by atoms with E-state index >= 15 is 0 Å². The highest BCUT2D eigenvalue weighted by molar-refractivity contribution is 6.34. The van der Waals surface area contributed by atoms with Gasteiger partial charge in [-0.1, -0.05) is 54.1 Å². The Balaban J connectivity index is 1.38. The summed E-state index contributed by atoms with van der Waals surface area (Å²) in [6.45, 7) is -0.172. The monoisotopic (exact) mass is 470 g/mol. The number of imidazole rings is 1. The Morgan fingerprint density at radius 2 is 1.74 bits per heavy atom. The van der Waals surface area contributed by atoms with Gasteiger partial charge >= 0.3 is 0 Å². The number of amides is 1. The van der Waals surface area contributed by atoms with Gasteiger partial charge in [-0.3, -0.25) is 23.4 Å². The van der Waals surface area contributed by atoms with Crippen LogP contribution in [0.5, 0.6) is 0 Å². The molecule has 2 heterocycles. The predicted molar refractivity (Wildman–Crippen MR) is 132 cm³/mol. The molecule has 7 nitrogen and oxygen atoms in total. The molecular weight excluding hydrogens is 452 g/mol. The molecule has 0 saturated carbocycles. The summed E-state index contributed by atoms with van der Waals surface area (Å²) < 4.78 is 3.18. The Morgan fingerprint density at radius 1 is 0.971 bits per heavy atom. The molecule has 0 radical (unpaired) electrons. The summed E-state index contributed by atoms with van der Waals surface area (Å²) in [6.07, 6.45) is 3.38. The third-order valence-electron chi connectivity index (χ3n) is 5.61. The smallest absolute Gasteiger partial charge is 0.262 e. The number of nitrogens with zero attached hydrogens (tertiary/aromatic N) is 3. The van der Waals surface area contributed by atoms with Crippen LogP contribution in [-0.4, -0.2) is 25.6 Å². The molecule has 0 atom stereocenters. The van der Waals surface area contributed by atoms with E-state index in [1.54, 1.807) is 41.2 Å². The second kappa shape index (κ2) is 8.96. The predicted octanol–water partition coefficient (Wildman–Crippen LogP) is 4.37. The van der Waals surface area contributed by atoms with Gasteiger partial charge in [0.2, 0.25) is 5.91 Å². The second-order valence-electron chi connectivity index (χ2n) is 7.86. The molecule has 1 N–H and O–H groups in total. The minimum Gasteiger partial charge on any atom is -0.324 e. The molecule has 3 aromatic carbocycles. The van der Waals surface area contributed by atoms with Gasteiger partial charge in [0.1, 0.15) is 12.0 Å². The number of hydrogen-bond donors (Lipinski definition) is 1. The highest BCUT2D eigenvalue weighted by atomic mass is 35.5. The molecule has 0 bridgehead atoms. The van der Waals surface area contributed by atoms with Crippen LogP contribution in [0.1, 0.15) is 15.9 Å². The second-order valence-corrected chi connectivity index (χ2v) is 8.27. The number of anilines is 1. The zero-order chi connectivity index (χ0) is 23.7. The maximum atomic E-state index is 13.1. The van der Waals surface area contributed by atoms with Gasteiger partial charge in [0.15, 0.2) is 5.78 Å². The standard InChI is InChI=1S/C26H19ClN4O3/c27-20-13-18(10-11-21(20)29-24(33)12-17-6-2-1-3-7-17)23(32)15-30-25-14-28-16-31(25)22-9-5-4-8-19(22)26(30)34/h1-11,13-14,16H,12,15H2,(H,29,33). The molecule has 0 aliphatic heterocycles. The minimum absolute atomic E-state index is 0.172. The van der Waals surface area contributed by atoms with Crippen molar-refractivity contribution in [3.63, 3.8) is 0 Å². The van der Waals surface area contributed by atoms with Crippen LogP contribution in [0, 0.1) is 0 Å². The number of ketones is 1. The van der Waals surface area contributed by atoms with E-state index in [1.165, 1.54) is 10.6 Å². The van der Waals surface area contributed by atoms with Crippen molar-refractivity contribution < 1.29 is 9.59 Å². The van der Waals surface area contributed by atoms with Crippen molar-refractivity contribution in [2.24, 2.45) is 0 Å². The normalized spacial score (nSPS) is 11.1. The number of fused-ring (bicyclic) bond motifs is 3. The van der Waals surface area contributed by atoms with Gasteiger partial charge in [-0.05, 0) is 35.9 Å². The summed E-state index contributed by atoms with van der Waals surface area (Å²) in [5, 5.41) is 3.51. The molecule has 0 unspecified atom stereocenters. The van der Waals surface area contributed by atoms with Crippen molar-refractivity contribution >= 4 is 45.5 Å². The number of Topliss-reactive ketones (excluding diaryl/α,β-unsaturated/α-hetero) is 1. The lowest BCUT2D eigenvalue weighted by atomic mass is 10.1. The Kier molecular flexibility index (Phi) is 5.69. The van der Waals surface area contributed by atoms with Gasteiger partial charge in [0.05, 0.1) is 40.8 Å². The third-order valence-corrected chi connectivity index (χ3v) is 5.92. The van der Waals surface area contributed by atoms with E-state index < -0.39 is 0 Å². The summed E-state index contributed by atoms with van der Waals surface area (Å²) in [7, 11) is 0. The maximum absolute atomic E-state index is 13.1. The highest BCUT2D eigenvalue weighted by Gasteiger charge is 2.16. The lowest BCUT2D eigenvalue weighted by Gasteiger charge is -2.12. The molecule has 2 aromatic heterocycles. The van der Waals surface area contributed by atoms with Crippen LogP contribution in [0.25, 0.3) is 16.6 Å². The molecule has 5 rings (SSSR count). The molecule has 0 spiro atoms. The van der Waals surface area contributed by atoms with Crippen molar-refractivity contribution in [3.8, 4) is 0 Å². The summed E-state index contributed by atoms with van der Waals surface area (Å²) in [5.41, 5.74) is 2.61. The van der Waals surface area contributed by atoms with Gasteiger partial charge < -0.3 is 5.32 Å². The van der Waals surface area contributed by atoms with Crippen LogP contribution in [0.4, 0.5) is 5.69 Å². The molecule has 8 heteroatoms. The molecule has 168 valence electrons. The quantitative estimate of drug-likeness (QED) is 0.373. The lowest BCUT2D eigenvalue weighted by molar-refractivity contribution is -0.115. The Hall–Kier alpha value is -4.23. The number of rotatable bonds is 6. The fourth-order valence-corrected chi connectivity index (χ4v) is 4.17. The largest absolute Gasteiger partial charge is 0.324 e. The first kappa shape index (κ1) is 21.6. The summed E-state index contributed by atoms with van der Waals surface area (Å²) in [6, 6.07) is 21.2. The van der Waals surface area contributed by atoms with Crippen LogP contribution >= 0.6 is 11.6 Å². The molecule has 34 heavy (non-hydrogen) atoms. The van der Waals surface area contributed by atoms with E-state index in [2.05, 4.69) is 10.3 Å². The molecule has 0 fully saturated rings. The fraction of sp³-hybridized carbons (Fsp3) is 0.0769. The van der Waals surface area contributed by atoms with E-state index in [-0.39, 0.29) is 35.2 Å². The Bertz CT molecular complexity index is 1610. The van der Waals surface area contributed by atoms with Crippen LogP contribution < -0.4 is 10.9 Å². The van der Waals surface area contributed by atoms with Crippen LogP contribution in [0.15, 0.2) is 90.1 Å². The first-order valence-corrected chi connectivity index (χ1v) is 11.0. The van der Waals surface area contributed by atoms with Crippen molar-refractivity contribution in [1.29, 1.82) is 0 Å². The average molecular weight is 471 g/mol. The van der Waals surface area contributed by atoms with Crippen LogP contribution in [0.3, 0.4) is 0 Å². The zero-order valence-corrected chi connectivity index (χ0v) is 18.7. The number of nitrogens with one attached hydrogen (secondary N) is 1. The number of halogens is 1. The zero-order valence-electron chi connectivity index (χ0n) is 17.9. The van der Waals surface area contributed by atoms with Crippen LogP contribution in [-0.2, 0) is 17.8 Å². The molecule has 5 aromatic rings. The van der Waals surface area contributed by atoms with E-state index in [9.17, 15) is 14.4 Å². The van der Waals surface area contributed by atoms with Crippen molar-refractivity contribution in [2.45, 2.75) is 13.0 Å². The highest BCUT2D eigenvalue weighted by Crippen LogP contribution is 2.24. The van der Waals surface area contributed by atoms with Gasteiger partial charge in [0, 0.05) is 5.56 Å². The van der Waals surface area contributed by atoms with Gasteiger partial charge in [-0.15, -0.1) is 0 Å². The first-order chi connectivity index (χ1) is 16.5. The molecular formula is C26H19ClN4O3. The Morgan fingerprint density at radius 3 is 2.53 bits per heavy atom. The Labute approximate surface area is 199 Å². The first-order valence-electron chi connectivity index (χ1n) is 10.6. The van der Waals surface area contributed by atoms with E-state index in [1.807, 2.05) is 42.5 Å². The summed E-state index contributed by atoms with van der Waals surface area (Å²) >= 11 is 6.36. The van der Waals surface area contributed by atoms with Gasteiger partial charge in [-0.2, -0.15) is 0 Å². The van der Waals surface area contributed by atoms with E-state index in [0.29, 0.717) is 22.3 Å². The number of benzene rings is 3. The maximum Gasteiger partial charge on any atom is 0.262 e. The number of carbonyl (C=O) groups excluding carboxylic acids is 2. The third kappa shape index (κ3) is 4.09. The number of hydrogen-bond acceptors (Lipinski definition) is 4. The number of aromatic nitrogens is 3. The van der Waals surface area contributed by atoms with Crippen molar-refractivity contribution in [2.75, 3.05) is 5.32 Å². The van der Waals surface area contributed by atoms with Gasteiger partial charge in [-0.25, -0.2) is 4.98 Å². The van der Waals surface area contributed by atoms with Gasteiger partial charge in [0.25, 0.3) is 5.56 Å². The number of carbonyl (C=O) groups is 2. The lowest BCUT2D eigenvalue weighted by Crippen LogP contribution is -2.26. The molecule has 0 saturated heterocycles. The van der Waals surface area contributed by atoms with E-state index in [4.69, 9.17) is 11.6 Å². The molecule has 0 aliphatic carbocycles. The van der Waals surface area contributed by atoms with Crippen LogP contribution in [0.2, 0.25) is 5.02 Å². The average Bonchev–Trinajstić information content (AvgIpc) is 3.33. The SMILES string of the molecule is O=C(Cc1ccccc1)Nc1ccc(C(=O)Cn2c(=O)c3ccccc3n3cncc23)cc1Cl.